The third-order valence-corrected chi connectivity index (χ3v) is 4.80. The monoisotopic (exact) mass is 420 g/mol. The van der Waals surface area contributed by atoms with Gasteiger partial charge in [-0.05, 0) is 42.0 Å². The van der Waals surface area contributed by atoms with Crippen molar-refractivity contribution in [2.24, 2.45) is 0 Å². The molecule has 0 spiro atoms. The molecule has 0 aliphatic heterocycles. The SMILES string of the molecule is N#Cc1ccccc1C(=O)Nc1nn(Cc2ccc(C(F)(F)F)cc2)c2ccccc12. The molecular formula is C23H15F3N4O. The fourth-order valence-corrected chi connectivity index (χ4v) is 3.27. The molecule has 0 fully saturated rings. The average molecular weight is 420 g/mol. The highest BCUT2D eigenvalue weighted by molar-refractivity contribution is 6.09. The molecular weight excluding hydrogens is 405 g/mol. The fraction of sp³-hybridized carbons (Fsp3) is 0.0870. The van der Waals surface area contributed by atoms with E-state index in [1.54, 1.807) is 41.1 Å². The Morgan fingerprint density at radius 3 is 2.39 bits per heavy atom. The average Bonchev–Trinajstić information content (AvgIpc) is 3.10. The highest BCUT2D eigenvalue weighted by Gasteiger charge is 2.30. The van der Waals surface area contributed by atoms with Crippen molar-refractivity contribution >= 4 is 22.6 Å². The summed E-state index contributed by atoms with van der Waals surface area (Å²) in [6, 6.07) is 20.5. The Bertz CT molecular complexity index is 1300. The van der Waals surface area contributed by atoms with E-state index in [9.17, 15) is 23.2 Å². The topological polar surface area (TPSA) is 70.7 Å². The lowest BCUT2D eigenvalue weighted by Gasteiger charge is -2.08. The largest absolute Gasteiger partial charge is 0.416 e. The van der Waals surface area contributed by atoms with Crippen LogP contribution in [0.2, 0.25) is 0 Å². The van der Waals surface area contributed by atoms with Crippen LogP contribution < -0.4 is 5.32 Å². The number of aromatic nitrogens is 2. The standard InChI is InChI=1S/C23H15F3N4O/c24-23(25,26)17-11-9-15(10-12-17)14-30-20-8-4-3-7-19(20)21(29-30)28-22(31)18-6-2-1-5-16(18)13-27/h1-12H,14H2,(H,28,29,31). The molecule has 1 heterocycles. The lowest BCUT2D eigenvalue weighted by molar-refractivity contribution is -0.137. The number of para-hydroxylation sites is 1. The summed E-state index contributed by atoms with van der Waals surface area (Å²) < 4.78 is 40.0. The van der Waals surface area contributed by atoms with E-state index in [1.807, 2.05) is 18.2 Å². The number of halogens is 3. The number of amides is 1. The first kappa shape index (κ1) is 20.2. The van der Waals surface area contributed by atoms with Crippen molar-refractivity contribution in [3.8, 4) is 6.07 Å². The molecule has 0 aliphatic carbocycles. The molecule has 0 bridgehead atoms. The smallest absolute Gasteiger partial charge is 0.305 e. The minimum Gasteiger partial charge on any atom is -0.305 e. The van der Waals surface area contributed by atoms with Crippen LogP contribution in [0.5, 0.6) is 0 Å². The summed E-state index contributed by atoms with van der Waals surface area (Å²) in [5, 5.41) is 17.1. The summed E-state index contributed by atoms with van der Waals surface area (Å²) in [5.74, 6) is -0.165. The van der Waals surface area contributed by atoms with E-state index in [0.717, 1.165) is 12.1 Å². The van der Waals surface area contributed by atoms with Gasteiger partial charge in [-0.3, -0.25) is 9.48 Å². The first-order valence-electron chi connectivity index (χ1n) is 9.29. The number of fused-ring (bicyclic) bond motifs is 1. The van der Waals surface area contributed by atoms with Crippen molar-refractivity contribution in [3.63, 3.8) is 0 Å². The minimum absolute atomic E-state index is 0.225. The van der Waals surface area contributed by atoms with Gasteiger partial charge in [-0.1, -0.05) is 36.4 Å². The Kier molecular flexibility index (Phi) is 5.17. The number of rotatable bonds is 4. The van der Waals surface area contributed by atoms with Gasteiger partial charge in [0, 0.05) is 5.39 Å². The maximum Gasteiger partial charge on any atom is 0.416 e. The summed E-state index contributed by atoms with van der Waals surface area (Å²) >= 11 is 0. The number of carbonyl (C=O) groups is 1. The van der Waals surface area contributed by atoms with Gasteiger partial charge in [-0.15, -0.1) is 0 Å². The number of hydrogen-bond acceptors (Lipinski definition) is 3. The Hall–Kier alpha value is -4.12. The number of nitrogens with one attached hydrogen (secondary N) is 1. The number of benzene rings is 3. The zero-order valence-corrected chi connectivity index (χ0v) is 16.0. The van der Waals surface area contributed by atoms with E-state index >= 15 is 0 Å². The van der Waals surface area contributed by atoms with Crippen LogP contribution in [-0.4, -0.2) is 15.7 Å². The normalized spacial score (nSPS) is 11.3. The van der Waals surface area contributed by atoms with Crippen LogP contribution in [0.15, 0.2) is 72.8 Å². The molecule has 31 heavy (non-hydrogen) atoms. The predicted molar refractivity (Wildman–Crippen MR) is 109 cm³/mol. The minimum atomic E-state index is -4.39. The molecule has 4 rings (SSSR count). The second kappa shape index (κ2) is 7.95. The van der Waals surface area contributed by atoms with Crippen molar-refractivity contribution in [3.05, 3.63) is 95.1 Å². The van der Waals surface area contributed by atoms with Crippen molar-refractivity contribution in [2.45, 2.75) is 12.7 Å². The van der Waals surface area contributed by atoms with E-state index in [2.05, 4.69) is 10.4 Å². The van der Waals surface area contributed by atoms with Crippen LogP contribution in [0, 0.1) is 11.3 Å². The lowest BCUT2D eigenvalue weighted by Crippen LogP contribution is -2.14. The second-order valence-electron chi connectivity index (χ2n) is 6.83. The van der Waals surface area contributed by atoms with Gasteiger partial charge in [-0.2, -0.15) is 23.5 Å². The lowest BCUT2D eigenvalue weighted by atomic mass is 10.1. The molecule has 5 nitrogen and oxygen atoms in total. The van der Waals surface area contributed by atoms with Gasteiger partial charge < -0.3 is 5.32 Å². The molecule has 0 radical (unpaired) electrons. The van der Waals surface area contributed by atoms with E-state index in [0.29, 0.717) is 22.3 Å². The third kappa shape index (κ3) is 4.12. The maximum atomic E-state index is 12.8. The quantitative estimate of drug-likeness (QED) is 0.492. The van der Waals surface area contributed by atoms with E-state index in [-0.39, 0.29) is 17.7 Å². The molecule has 0 atom stereocenters. The predicted octanol–water partition coefficient (Wildman–Crippen LogP) is 5.23. The summed E-state index contributed by atoms with van der Waals surface area (Å²) in [5.41, 5.74) is 1.10. The molecule has 3 aromatic carbocycles. The van der Waals surface area contributed by atoms with Crippen LogP contribution in [0.3, 0.4) is 0 Å². The van der Waals surface area contributed by atoms with Gasteiger partial charge in [0.2, 0.25) is 0 Å². The molecule has 4 aromatic rings. The Morgan fingerprint density at radius 1 is 1.00 bits per heavy atom. The first-order valence-corrected chi connectivity index (χ1v) is 9.29. The Morgan fingerprint density at radius 2 is 1.68 bits per heavy atom. The molecule has 0 unspecified atom stereocenters. The van der Waals surface area contributed by atoms with Crippen LogP contribution in [-0.2, 0) is 12.7 Å². The molecule has 1 amide bonds. The molecule has 0 saturated heterocycles. The Balaban J connectivity index is 1.65. The van der Waals surface area contributed by atoms with Crippen LogP contribution in [0.25, 0.3) is 10.9 Å². The summed E-state index contributed by atoms with van der Waals surface area (Å²) in [4.78, 5) is 12.7. The first-order chi connectivity index (χ1) is 14.9. The molecule has 1 aromatic heterocycles. The molecule has 0 aliphatic rings. The molecule has 154 valence electrons. The molecule has 0 saturated carbocycles. The number of carbonyl (C=O) groups excluding carboxylic acids is 1. The zero-order valence-electron chi connectivity index (χ0n) is 16.0. The summed E-state index contributed by atoms with van der Waals surface area (Å²) in [7, 11) is 0. The number of alkyl halides is 3. The second-order valence-corrected chi connectivity index (χ2v) is 6.83. The van der Waals surface area contributed by atoms with Crippen molar-refractivity contribution in [2.75, 3.05) is 5.32 Å². The van der Waals surface area contributed by atoms with Gasteiger partial charge in [0.25, 0.3) is 5.91 Å². The van der Waals surface area contributed by atoms with Gasteiger partial charge in [-0.25, -0.2) is 0 Å². The van der Waals surface area contributed by atoms with E-state index in [4.69, 9.17) is 0 Å². The van der Waals surface area contributed by atoms with Crippen molar-refractivity contribution in [1.29, 1.82) is 5.26 Å². The highest BCUT2D eigenvalue weighted by atomic mass is 19.4. The third-order valence-electron chi connectivity index (χ3n) is 4.80. The fourth-order valence-electron chi connectivity index (χ4n) is 3.27. The van der Waals surface area contributed by atoms with E-state index < -0.39 is 17.6 Å². The molecule has 1 N–H and O–H groups in total. The van der Waals surface area contributed by atoms with Crippen LogP contribution in [0.4, 0.5) is 19.0 Å². The maximum absolute atomic E-state index is 12.8. The highest BCUT2D eigenvalue weighted by Crippen LogP contribution is 2.30. The number of nitrogens with zero attached hydrogens (tertiary/aromatic N) is 3. The van der Waals surface area contributed by atoms with Crippen molar-refractivity contribution < 1.29 is 18.0 Å². The van der Waals surface area contributed by atoms with Gasteiger partial charge >= 0.3 is 6.18 Å². The van der Waals surface area contributed by atoms with Gasteiger partial charge in [0.15, 0.2) is 5.82 Å². The van der Waals surface area contributed by atoms with Crippen LogP contribution in [0.1, 0.15) is 27.0 Å². The van der Waals surface area contributed by atoms with E-state index in [1.165, 1.54) is 12.1 Å². The van der Waals surface area contributed by atoms with Gasteiger partial charge in [0.1, 0.15) is 0 Å². The zero-order chi connectivity index (χ0) is 22.0. The number of anilines is 1. The van der Waals surface area contributed by atoms with Gasteiger partial charge in [0.05, 0.1) is 34.8 Å². The van der Waals surface area contributed by atoms with Crippen molar-refractivity contribution in [1.82, 2.24) is 9.78 Å². The summed E-state index contributed by atoms with van der Waals surface area (Å²) in [6.07, 6.45) is -4.39. The molecule has 8 heteroatoms. The van der Waals surface area contributed by atoms with Crippen LogP contribution >= 0.6 is 0 Å². The summed E-state index contributed by atoms with van der Waals surface area (Å²) in [6.45, 7) is 0.225. The number of nitriles is 1. The Labute approximate surface area is 175 Å². The number of hydrogen-bond donors (Lipinski definition) is 1.